The summed E-state index contributed by atoms with van der Waals surface area (Å²) in [7, 11) is 1.67. The number of ether oxygens (including phenoxy) is 1. The first kappa shape index (κ1) is 12.8. The summed E-state index contributed by atoms with van der Waals surface area (Å²) in [5.74, 6) is 1.32. The highest BCUT2D eigenvalue weighted by atomic mass is 35.5. The molecule has 0 spiro atoms. The monoisotopic (exact) mass is 263 g/mol. The SMILES string of the molecule is COCc1cccc(Nc2cc(Cl)nc(C)n2)c1. The quantitative estimate of drug-likeness (QED) is 0.860. The zero-order valence-electron chi connectivity index (χ0n) is 10.3. The Labute approximate surface area is 111 Å². The van der Waals surface area contributed by atoms with E-state index in [0.717, 1.165) is 11.3 Å². The molecule has 0 amide bonds. The van der Waals surface area contributed by atoms with E-state index in [1.165, 1.54) is 0 Å². The van der Waals surface area contributed by atoms with Gasteiger partial charge in [-0.3, -0.25) is 0 Å². The van der Waals surface area contributed by atoms with Crippen molar-refractivity contribution in [2.24, 2.45) is 0 Å². The summed E-state index contributed by atoms with van der Waals surface area (Å²) in [4.78, 5) is 8.28. The summed E-state index contributed by atoms with van der Waals surface area (Å²) in [6.45, 7) is 2.39. The Balaban J connectivity index is 2.20. The normalized spacial score (nSPS) is 10.4. The lowest BCUT2D eigenvalue weighted by Gasteiger charge is -2.08. The second-order valence-electron chi connectivity index (χ2n) is 3.88. The summed E-state index contributed by atoms with van der Waals surface area (Å²) < 4.78 is 5.10. The Morgan fingerprint density at radius 1 is 1.28 bits per heavy atom. The average molecular weight is 264 g/mol. The van der Waals surface area contributed by atoms with Crippen molar-refractivity contribution in [2.45, 2.75) is 13.5 Å². The van der Waals surface area contributed by atoms with Crippen LogP contribution in [-0.4, -0.2) is 17.1 Å². The van der Waals surface area contributed by atoms with E-state index in [2.05, 4.69) is 15.3 Å². The molecule has 0 saturated heterocycles. The molecule has 94 valence electrons. The predicted octanol–water partition coefficient (Wildman–Crippen LogP) is 3.33. The number of hydrogen-bond donors (Lipinski definition) is 1. The number of halogens is 1. The number of anilines is 2. The molecule has 0 bridgehead atoms. The molecule has 0 unspecified atom stereocenters. The molecule has 4 nitrogen and oxygen atoms in total. The molecule has 5 heteroatoms. The Bertz CT molecular complexity index is 525. The first-order valence-electron chi connectivity index (χ1n) is 5.53. The average Bonchev–Trinajstić information content (AvgIpc) is 2.28. The standard InChI is InChI=1S/C13H14ClN3O/c1-9-15-12(14)7-13(16-9)17-11-5-3-4-10(6-11)8-18-2/h3-7H,8H2,1-2H3,(H,15,16,17). The van der Waals surface area contributed by atoms with Gasteiger partial charge in [-0.25, -0.2) is 9.97 Å². The van der Waals surface area contributed by atoms with Crippen LogP contribution in [0.2, 0.25) is 5.15 Å². The molecule has 0 radical (unpaired) electrons. The summed E-state index contributed by atoms with van der Waals surface area (Å²) in [5.41, 5.74) is 2.04. The van der Waals surface area contributed by atoms with Crippen LogP contribution < -0.4 is 5.32 Å². The van der Waals surface area contributed by atoms with E-state index >= 15 is 0 Å². The molecule has 0 saturated carbocycles. The minimum absolute atomic E-state index is 0.429. The zero-order chi connectivity index (χ0) is 13.0. The van der Waals surface area contributed by atoms with Gasteiger partial charge >= 0.3 is 0 Å². The van der Waals surface area contributed by atoms with Gasteiger partial charge in [0.1, 0.15) is 16.8 Å². The van der Waals surface area contributed by atoms with Crippen molar-refractivity contribution in [2.75, 3.05) is 12.4 Å². The number of aryl methyl sites for hydroxylation is 1. The molecule has 0 atom stereocenters. The molecular formula is C13H14ClN3O. The van der Waals surface area contributed by atoms with Gasteiger partial charge in [-0.1, -0.05) is 23.7 Å². The Kier molecular flexibility index (Phi) is 4.12. The molecule has 0 fully saturated rings. The first-order chi connectivity index (χ1) is 8.67. The van der Waals surface area contributed by atoms with Crippen molar-refractivity contribution in [1.29, 1.82) is 0 Å². The topological polar surface area (TPSA) is 47.0 Å². The van der Waals surface area contributed by atoms with Crippen LogP contribution in [0.25, 0.3) is 0 Å². The number of nitrogens with zero attached hydrogens (tertiary/aromatic N) is 2. The third-order valence-corrected chi connectivity index (χ3v) is 2.51. The van der Waals surface area contributed by atoms with Crippen LogP contribution in [-0.2, 0) is 11.3 Å². The van der Waals surface area contributed by atoms with Gasteiger partial charge in [-0.2, -0.15) is 0 Å². The highest BCUT2D eigenvalue weighted by Crippen LogP contribution is 2.18. The third kappa shape index (κ3) is 3.42. The first-order valence-corrected chi connectivity index (χ1v) is 5.91. The minimum atomic E-state index is 0.429. The van der Waals surface area contributed by atoms with Gasteiger partial charge in [0, 0.05) is 18.9 Å². The largest absolute Gasteiger partial charge is 0.380 e. The van der Waals surface area contributed by atoms with Crippen molar-refractivity contribution >= 4 is 23.1 Å². The van der Waals surface area contributed by atoms with Gasteiger partial charge in [0.2, 0.25) is 0 Å². The zero-order valence-corrected chi connectivity index (χ0v) is 11.0. The van der Waals surface area contributed by atoms with Crippen LogP contribution in [0.5, 0.6) is 0 Å². The van der Waals surface area contributed by atoms with Crippen LogP contribution in [0, 0.1) is 6.92 Å². The van der Waals surface area contributed by atoms with Gasteiger partial charge in [0.25, 0.3) is 0 Å². The van der Waals surface area contributed by atoms with Gasteiger partial charge in [-0.05, 0) is 24.6 Å². The molecule has 2 aromatic rings. The fourth-order valence-electron chi connectivity index (χ4n) is 1.65. The Hall–Kier alpha value is -1.65. The summed E-state index contributed by atoms with van der Waals surface area (Å²) >= 11 is 5.89. The lowest BCUT2D eigenvalue weighted by Crippen LogP contribution is -1.98. The Morgan fingerprint density at radius 3 is 2.83 bits per heavy atom. The number of nitrogens with one attached hydrogen (secondary N) is 1. The van der Waals surface area contributed by atoms with Crippen molar-refractivity contribution in [3.8, 4) is 0 Å². The number of rotatable bonds is 4. The van der Waals surface area contributed by atoms with Crippen LogP contribution in [0.1, 0.15) is 11.4 Å². The van der Waals surface area contributed by atoms with E-state index in [1.54, 1.807) is 20.1 Å². The smallest absolute Gasteiger partial charge is 0.135 e. The molecule has 18 heavy (non-hydrogen) atoms. The minimum Gasteiger partial charge on any atom is -0.380 e. The number of hydrogen-bond acceptors (Lipinski definition) is 4. The summed E-state index contributed by atoms with van der Waals surface area (Å²) in [5, 5.41) is 3.62. The van der Waals surface area contributed by atoms with Crippen molar-refractivity contribution in [3.05, 3.63) is 46.9 Å². The Morgan fingerprint density at radius 2 is 2.11 bits per heavy atom. The van der Waals surface area contributed by atoms with Gasteiger partial charge < -0.3 is 10.1 Å². The molecule has 1 aromatic carbocycles. The second-order valence-corrected chi connectivity index (χ2v) is 4.27. The molecular weight excluding hydrogens is 250 g/mol. The maximum Gasteiger partial charge on any atom is 0.135 e. The van der Waals surface area contributed by atoms with Crippen LogP contribution >= 0.6 is 11.6 Å². The number of aromatic nitrogens is 2. The molecule has 0 aliphatic heterocycles. The van der Waals surface area contributed by atoms with Crippen molar-refractivity contribution in [3.63, 3.8) is 0 Å². The molecule has 1 N–H and O–H groups in total. The summed E-state index contributed by atoms with van der Waals surface area (Å²) in [6, 6.07) is 9.64. The van der Waals surface area contributed by atoms with Crippen molar-refractivity contribution in [1.82, 2.24) is 9.97 Å². The van der Waals surface area contributed by atoms with E-state index in [9.17, 15) is 0 Å². The van der Waals surface area contributed by atoms with Gasteiger partial charge in [-0.15, -0.1) is 0 Å². The fraction of sp³-hybridized carbons (Fsp3) is 0.231. The lowest BCUT2D eigenvalue weighted by molar-refractivity contribution is 0.185. The summed E-state index contributed by atoms with van der Waals surface area (Å²) in [6.07, 6.45) is 0. The molecule has 0 aliphatic rings. The maximum absolute atomic E-state index is 5.89. The highest BCUT2D eigenvalue weighted by molar-refractivity contribution is 6.29. The third-order valence-electron chi connectivity index (χ3n) is 2.32. The second kappa shape index (κ2) is 5.80. The predicted molar refractivity (Wildman–Crippen MR) is 72.2 cm³/mol. The van der Waals surface area contributed by atoms with Crippen LogP contribution in [0.3, 0.4) is 0 Å². The van der Waals surface area contributed by atoms with Crippen LogP contribution in [0.15, 0.2) is 30.3 Å². The molecule has 1 heterocycles. The van der Waals surface area contributed by atoms with E-state index in [0.29, 0.717) is 23.4 Å². The van der Waals surface area contributed by atoms with E-state index in [1.807, 2.05) is 24.3 Å². The number of benzene rings is 1. The van der Waals surface area contributed by atoms with Gasteiger partial charge in [0.05, 0.1) is 6.61 Å². The molecule has 1 aromatic heterocycles. The molecule has 0 aliphatic carbocycles. The van der Waals surface area contributed by atoms with Crippen molar-refractivity contribution < 1.29 is 4.74 Å². The van der Waals surface area contributed by atoms with Gasteiger partial charge in [0.15, 0.2) is 0 Å². The van der Waals surface area contributed by atoms with E-state index in [-0.39, 0.29) is 0 Å². The lowest BCUT2D eigenvalue weighted by atomic mass is 10.2. The maximum atomic E-state index is 5.89. The molecule has 2 rings (SSSR count). The highest BCUT2D eigenvalue weighted by Gasteiger charge is 2.01. The van der Waals surface area contributed by atoms with E-state index in [4.69, 9.17) is 16.3 Å². The fourth-order valence-corrected chi connectivity index (χ4v) is 1.87. The van der Waals surface area contributed by atoms with Crippen LogP contribution in [0.4, 0.5) is 11.5 Å². The van der Waals surface area contributed by atoms with E-state index < -0.39 is 0 Å². The number of methoxy groups -OCH3 is 1.